The van der Waals surface area contributed by atoms with Crippen LogP contribution in [0.2, 0.25) is 0 Å². The Hall–Kier alpha value is -2.44. The van der Waals surface area contributed by atoms with Crippen LogP contribution in [0.1, 0.15) is 98.3 Å². The second-order valence-corrected chi connectivity index (χ2v) is 20.7. The van der Waals surface area contributed by atoms with Crippen LogP contribution < -0.4 is 10.6 Å². The maximum atomic E-state index is 14.9. The molecule has 8 N–H and O–H groups in total. The van der Waals surface area contributed by atoms with Gasteiger partial charge in [-0.05, 0) is 94.6 Å². The third kappa shape index (κ3) is 5.62. The predicted molar refractivity (Wildman–Crippen MR) is 216 cm³/mol. The van der Waals surface area contributed by atoms with Crippen LogP contribution in [0.4, 0.5) is 0 Å². The summed E-state index contributed by atoms with van der Waals surface area (Å²) in [5, 5.41) is 80.9. The quantitative estimate of drug-likeness (QED) is 0.0690. The molecule has 0 aromatic carbocycles. The standard InChI is InChI=1S/C46H65N3O11/c1-27(50)24-47-25-31-30-23-43-12-7-13-44(41(4,54)46(56,57)36(31)60-35(30)37(52)48-43)17-18-45(55)34-22-33(51)32-21-29(59-20-8-19-58-5)10-14-39(32,2)42(34,16-15-40(44,45)3)11-6-9-28-26-49(28)38(43)53/h22,27-32,35-37,47-48,50,52,54-57H,8-10,12,14-21,23-26H2,1-5H3/t27-,28+,29-,30+,31+,32-,35+,36-,37-,39-,40+,41-,42-,43-,44-,45+,49?/m0/s1. The van der Waals surface area contributed by atoms with Gasteiger partial charge in [-0.15, -0.1) is 11.8 Å². The number of carbonyl (C=O) groups is 2. The zero-order valence-electron chi connectivity index (χ0n) is 35.8. The summed E-state index contributed by atoms with van der Waals surface area (Å²) in [6.07, 6.45) is 0.902. The van der Waals surface area contributed by atoms with E-state index in [-0.39, 0.29) is 69.0 Å². The second kappa shape index (κ2) is 14.3. The van der Waals surface area contributed by atoms with Crippen molar-refractivity contribution in [1.29, 1.82) is 0 Å². The van der Waals surface area contributed by atoms with Gasteiger partial charge in [-0.2, -0.15) is 0 Å². The van der Waals surface area contributed by atoms with E-state index in [9.17, 15) is 40.2 Å². The van der Waals surface area contributed by atoms with E-state index >= 15 is 0 Å². The van der Waals surface area contributed by atoms with Gasteiger partial charge in [-0.3, -0.25) is 14.9 Å². The van der Waals surface area contributed by atoms with Crippen LogP contribution in [0, 0.1) is 63.1 Å². The van der Waals surface area contributed by atoms with Gasteiger partial charge >= 0.3 is 0 Å². The minimum absolute atomic E-state index is 0.0329. The Kier molecular flexibility index (Phi) is 10.2. The predicted octanol–water partition coefficient (Wildman–Crippen LogP) is 0.499. The van der Waals surface area contributed by atoms with Gasteiger partial charge in [0.2, 0.25) is 11.7 Å². The molecule has 7 bridgehead atoms. The molecule has 3 saturated heterocycles. The summed E-state index contributed by atoms with van der Waals surface area (Å²) in [6.45, 7) is 8.88. The molecule has 14 nitrogen and oxygen atoms in total. The van der Waals surface area contributed by atoms with Gasteiger partial charge in [0, 0.05) is 70.1 Å². The molecule has 330 valence electrons. The number of aliphatic hydroxyl groups is 6. The number of nitrogens with one attached hydrogen (secondary N) is 2. The van der Waals surface area contributed by atoms with E-state index in [1.165, 1.54) is 6.92 Å². The van der Waals surface area contributed by atoms with E-state index < -0.39 is 86.5 Å². The van der Waals surface area contributed by atoms with Gasteiger partial charge in [-0.1, -0.05) is 25.7 Å². The third-order valence-corrected chi connectivity index (χ3v) is 17.8. The van der Waals surface area contributed by atoms with Crippen LogP contribution in [0.15, 0.2) is 11.6 Å². The third-order valence-electron chi connectivity index (χ3n) is 17.8. The Morgan fingerprint density at radius 3 is 2.58 bits per heavy atom. The molecule has 60 heavy (non-hydrogen) atoms. The number of fused-ring (bicyclic) bond motifs is 4. The van der Waals surface area contributed by atoms with Crippen LogP contribution >= 0.6 is 0 Å². The first kappa shape index (κ1) is 42.8. The zero-order valence-corrected chi connectivity index (χ0v) is 35.8. The van der Waals surface area contributed by atoms with E-state index in [1.807, 2.05) is 6.92 Å². The largest absolute Gasteiger partial charge is 0.392 e. The van der Waals surface area contributed by atoms with Gasteiger partial charge in [0.05, 0.1) is 34.7 Å². The average molecular weight is 836 g/mol. The van der Waals surface area contributed by atoms with Gasteiger partial charge < -0.3 is 55.1 Å². The Morgan fingerprint density at radius 2 is 1.83 bits per heavy atom. The lowest BCUT2D eigenvalue weighted by atomic mass is 9.38. The van der Waals surface area contributed by atoms with Crippen LogP contribution in [0.25, 0.3) is 0 Å². The summed E-state index contributed by atoms with van der Waals surface area (Å²) in [4.78, 5) is 31.4. The Labute approximate surface area is 353 Å². The summed E-state index contributed by atoms with van der Waals surface area (Å²) >= 11 is 0. The van der Waals surface area contributed by atoms with Crippen molar-refractivity contribution in [2.24, 2.45) is 39.4 Å². The molecular weight excluding hydrogens is 771 g/mol. The summed E-state index contributed by atoms with van der Waals surface area (Å²) in [5.74, 6) is 8.84. The number of ketones is 1. The van der Waals surface area contributed by atoms with Crippen LogP contribution in [0.5, 0.6) is 0 Å². The molecule has 0 unspecified atom stereocenters. The first-order valence-electron chi connectivity index (χ1n) is 22.4. The number of hydrogen-bond donors (Lipinski definition) is 8. The first-order chi connectivity index (χ1) is 28.3. The number of hydrogen-bond acceptors (Lipinski definition) is 13. The number of allylic oxidation sites excluding steroid dienone is 1. The van der Waals surface area contributed by atoms with Crippen molar-refractivity contribution in [3.05, 3.63) is 11.6 Å². The number of rotatable bonds is 9. The van der Waals surface area contributed by atoms with Crippen LogP contribution in [0.3, 0.4) is 0 Å². The highest BCUT2D eigenvalue weighted by Crippen LogP contribution is 2.77. The van der Waals surface area contributed by atoms with E-state index in [2.05, 4.69) is 41.2 Å². The molecule has 5 aliphatic heterocycles. The first-order valence-corrected chi connectivity index (χ1v) is 22.4. The second-order valence-electron chi connectivity index (χ2n) is 20.7. The topological polar surface area (TPSA) is 210 Å². The summed E-state index contributed by atoms with van der Waals surface area (Å²) in [5.41, 5.74) is -9.83. The van der Waals surface area contributed by atoms with Crippen LogP contribution in [-0.2, 0) is 23.8 Å². The van der Waals surface area contributed by atoms with Gasteiger partial charge in [0.15, 0.2) is 5.78 Å². The van der Waals surface area contributed by atoms with Gasteiger partial charge in [0.25, 0.3) is 0 Å². The lowest BCUT2D eigenvalue weighted by Crippen LogP contribution is -2.74. The molecule has 6 fully saturated rings. The lowest BCUT2D eigenvalue weighted by molar-refractivity contribution is -0.356. The molecule has 16 atom stereocenters. The molecule has 14 heteroatoms. The molecule has 1 amide bonds. The monoisotopic (exact) mass is 835 g/mol. The highest BCUT2D eigenvalue weighted by atomic mass is 16.6. The van der Waals surface area contributed by atoms with Crippen LogP contribution in [-0.4, -0.2) is 146 Å². The smallest absolute Gasteiger partial charge is 0.244 e. The summed E-state index contributed by atoms with van der Waals surface area (Å²) in [6, 6.07) is -0.194. The highest BCUT2D eigenvalue weighted by Gasteiger charge is 2.81. The number of ether oxygens (including phenoxy) is 3. The molecule has 5 heterocycles. The fraction of sp³-hybridized carbons (Fsp3) is 0.826. The summed E-state index contributed by atoms with van der Waals surface area (Å²) in [7, 11) is 1.66. The minimum atomic E-state index is -3.01. The Balaban J connectivity index is 1.22. The lowest BCUT2D eigenvalue weighted by Gasteiger charge is -2.66. The van der Waals surface area contributed by atoms with Gasteiger partial charge in [-0.25, -0.2) is 0 Å². The van der Waals surface area contributed by atoms with Gasteiger partial charge in [0.1, 0.15) is 29.6 Å². The minimum Gasteiger partial charge on any atom is -0.392 e. The molecule has 10 aliphatic rings. The van der Waals surface area contributed by atoms with E-state index in [0.29, 0.717) is 57.4 Å². The van der Waals surface area contributed by atoms with Crippen molar-refractivity contribution in [2.45, 2.75) is 158 Å². The van der Waals surface area contributed by atoms with Crippen molar-refractivity contribution < 1.29 is 54.4 Å². The maximum Gasteiger partial charge on any atom is 0.244 e. The summed E-state index contributed by atoms with van der Waals surface area (Å²) < 4.78 is 18.0. The zero-order chi connectivity index (χ0) is 42.9. The number of nitrogens with zero attached hydrogens (tertiary/aromatic N) is 1. The Morgan fingerprint density at radius 1 is 1.05 bits per heavy atom. The Bertz CT molecular complexity index is 1950. The van der Waals surface area contributed by atoms with Crippen molar-refractivity contribution in [1.82, 2.24) is 15.5 Å². The normalized spacial score (nSPS) is 49.9. The number of piperidine rings is 1. The molecule has 10 rings (SSSR count). The number of aliphatic hydroxyl groups excluding tert-OH is 2. The molecule has 3 spiro atoms. The molecule has 0 aromatic heterocycles. The highest BCUT2D eigenvalue weighted by molar-refractivity contribution is 5.96. The molecule has 0 aromatic rings. The number of methoxy groups -OCH3 is 1. The van der Waals surface area contributed by atoms with Crippen molar-refractivity contribution in [2.75, 3.05) is 40.0 Å². The molecular formula is C46H65N3O11. The fourth-order valence-electron chi connectivity index (χ4n) is 14.2. The van der Waals surface area contributed by atoms with E-state index in [4.69, 9.17) is 14.2 Å². The van der Waals surface area contributed by atoms with E-state index in [0.717, 1.165) is 6.42 Å². The SMILES string of the molecule is COCCCO[C@H]1CC[C@@]2(C)[C@@H](C1)C(=O)C=C1[C@]3(O)CC[C@]45C#CC[C@]6(C[C@@H]7[C@@H](CNC[C@H](C)O)[C@H](O[C@H]7[C@H](O)N6)C(O)(O)[C@@]4(C)O)C(=O)N4C[C@H]4CC#C[C@]12CC[C@]53C. The maximum absolute atomic E-state index is 14.9. The molecule has 0 radical (unpaired) electrons. The van der Waals surface area contributed by atoms with Crippen molar-refractivity contribution in [3.8, 4) is 23.7 Å². The number of carbonyl (C=O) groups excluding carboxylic acids is 2. The number of amides is 1. The average Bonchev–Trinajstić information content (AvgIpc) is 3.80. The molecule has 3 saturated carbocycles. The fourth-order valence-corrected chi connectivity index (χ4v) is 14.2. The van der Waals surface area contributed by atoms with Crippen molar-refractivity contribution in [3.63, 3.8) is 0 Å². The van der Waals surface area contributed by atoms with E-state index in [1.54, 1.807) is 25.0 Å². The van der Waals surface area contributed by atoms with Crippen molar-refractivity contribution >= 4 is 11.7 Å². The molecule has 5 aliphatic carbocycles.